The third kappa shape index (κ3) is 4.99. The van der Waals surface area contributed by atoms with E-state index in [1.54, 1.807) is 7.05 Å². The number of halogens is 1. The van der Waals surface area contributed by atoms with Crippen LogP contribution in [-0.2, 0) is 20.0 Å². The number of benzene rings is 1. The van der Waals surface area contributed by atoms with Gasteiger partial charge in [-0.3, -0.25) is 4.79 Å². The molecule has 1 saturated heterocycles. The second-order valence-electron chi connectivity index (χ2n) is 7.92. The summed E-state index contributed by atoms with van der Waals surface area (Å²) in [5.41, 5.74) is 0.107. The summed E-state index contributed by atoms with van der Waals surface area (Å²) in [5.74, 6) is -0.400. The van der Waals surface area contributed by atoms with Crippen molar-refractivity contribution in [1.29, 1.82) is 0 Å². The lowest BCUT2D eigenvalue weighted by Gasteiger charge is -2.38. The Morgan fingerprint density at radius 2 is 1.63 bits per heavy atom. The highest BCUT2D eigenvalue weighted by Crippen LogP contribution is 2.26. The molecule has 0 radical (unpaired) electrons. The number of piperazine rings is 1. The normalized spacial score (nSPS) is 19.9. The second kappa shape index (κ2) is 9.12. The van der Waals surface area contributed by atoms with E-state index < -0.39 is 26.0 Å². The first kappa shape index (κ1) is 23.5. The van der Waals surface area contributed by atoms with Gasteiger partial charge in [-0.1, -0.05) is 30.9 Å². The maximum absolute atomic E-state index is 13.0. The fourth-order valence-corrected chi connectivity index (χ4v) is 6.43. The van der Waals surface area contributed by atoms with E-state index in [1.807, 2.05) is 0 Å². The molecule has 1 aromatic carbocycles. The highest BCUT2D eigenvalue weighted by atomic mass is 35.5. The zero-order valence-corrected chi connectivity index (χ0v) is 19.6. The number of sulfone groups is 1. The van der Waals surface area contributed by atoms with E-state index in [2.05, 4.69) is 0 Å². The molecule has 0 unspecified atom stereocenters. The van der Waals surface area contributed by atoms with E-state index in [0.29, 0.717) is 0 Å². The maximum Gasteiger partial charge on any atom is 0.282 e. The Morgan fingerprint density at radius 1 is 1.03 bits per heavy atom. The number of amides is 1. The third-order valence-corrected chi connectivity index (χ3v) is 9.38. The molecule has 1 aromatic rings. The van der Waals surface area contributed by atoms with Crippen LogP contribution in [-0.4, -0.2) is 81.8 Å². The number of hydrogen-bond acceptors (Lipinski definition) is 5. The Kier molecular flexibility index (Phi) is 7.13. The van der Waals surface area contributed by atoms with Gasteiger partial charge < -0.3 is 4.90 Å². The average Bonchev–Trinajstić information content (AvgIpc) is 2.73. The molecule has 2 aliphatic rings. The van der Waals surface area contributed by atoms with Gasteiger partial charge in [-0.15, -0.1) is 0 Å². The highest BCUT2D eigenvalue weighted by Gasteiger charge is 2.35. The van der Waals surface area contributed by atoms with E-state index >= 15 is 0 Å². The molecule has 1 saturated carbocycles. The molecule has 1 aliphatic carbocycles. The average molecular weight is 478 g/mol. The molecule has 0 atom stereocenters. The molecule has 1 heterocycles. The molecule has 0 bridgehead atoms. The van der Waals surface area contributed by atoms with E-state index in [9.17, 15) is 21.6 Å². The Bertz CT molecular complexity index is 999. The summed E-state index contributed by atoms with van der Waals surface area (Å²) in [6.45, 7) is 0.815. The summed E-state index contributed by atoms with van der Waals surface area (Å²) in [5, 5.41) is 0.166. The number of carbonyl (C=O) groups is 1. The second-order valence-corrected chi connectivity index (χ2v) is 12.3. The molecular weight excluding hydrogens is 450 g/mol. The van der Waals surface area contributed by atoms with Crippen LogP contribution in [0.2, 0.25) is 5.02 Å². The summed E-state index contributed by atoms with van der Waals surface area (Å²) in [6, 6.07) is 4.06. The molecule has 0 aromatic heterocycles. The number of carbonyl (C=O) groups excluding carboxylic acids is 1. The topological polar surface area (TPSA) is 95.1 Å². The Balaban J connectivity index is 1.69. The van der Waals surface area contributed by atoms with Crippen molar-refractivity contribution in [1.82, 2.24) is 13.5 Å². The zero-order chi connectivity index (χ0) is 22.1. The van der Waals surface area contributed by atoms with Crippen LogP contribution >= 0.6 is 11.6 Å². The van der Waals surface area contributed by atoms with Crippen LogP contribution in [0, 0.1) is 0 Å². The van der Waals surface area contributed by atoms with Gasteiger partial charge in [0.25, 0.3) is 16.1 Å². The minimum atomic E-state index is -3.59. The SMILES string of the molecule is CN(C1CCCCC1)S(=O)(=O)N1CCN(C(=O)c2cc(S(C)(=O)=O)ccc2Cl)CC1. The first-order chi connectivity index (χ1) is 14.0. The Morgan fingerprint density at radius 3 is 2.20 bits per heavy atom. The van der Waals surface area contributed by atoms with Gasteiger partial charge in [0.1, 0.15) is 0 Å². The van der Waals surface area contributed by atoms with Gasteiger partial charge in [-0.2, -0.15) is 17.0 Å². The number of hydrogen-bond donors (Lipinski definition) is 0. The lowest BCUT2D eigenvalue weighted by molar-refractivity contribution is 0.0692. The molecule has 0 spiro atoms. The van der Waals surface area contributed by atoms with Crippen LogP contribution in [0.4, 0.5) is 0 Å². The fourth-order valence-electron chi connectivity index (χ4n) is 4.01. The summed E-state index contributed by atoms with van der Waals surface area (Å²) >= 11 is 6.13. The first-order valence-electron chi connectivity index (χ1n) is 10.0. The molecule has 1 amide bonds. The van der Waals surface area contributed by atoms with Gasteiger partial charge in [0.15, 0.2) is 9.84 Å². The zero-order valence-electron chi connectivity index (χ0n) is 17.3. The third-order valence-electron chi connectivity index (χ3n) is 5.90. The van der Waals surface area contributed by atoms with Crippen LogP contribution in [0.5, 0.6) is 0 Å². The fraction of sp³-hybridized carbons (Fsp3) is 0.632. The minimum absolute atomic E-state index is 0.0190. The minimum Gasteiger partial charge on any atom is -0.336 e. The van der Waals surface area contributed by atoms with Crippen LogP contribution in [0.25, 0.3) is 0 Å². The van der Waals surface area contributed by atoms with E-state index in [-0.39, 0.29) is 47.7 Å². The molecular formula is C19H28ClN3O5S2. The molecule has 1 aliphatic heterocycles. The van der Waals surface area contributed by atoms with Crippen molar-refractivity contribution in [3.8, 4) is 0 Å². The van der Waals surface area contributed by atoms with E-state index in [0.717, 1.165) is 38.4 Å². The largest absolute Gasteiger partial charge is 0.336 e. The van der Waals surface area contributed by atoms with Crippen molar-refractivity contribution in [2.75, 3.05) is 39.5 Å². The Hall–Kier alpha value is -1.20. The van der Waals surface area contributed by atoms with Crippen molar-refractivity contribution < 1.29 is 21.6 Å². The lowest BCUT2D eigenvalue weighted by atomic mass is 9.96. The predicted molar refractivity (Wildman–Crippen MR) is 116 cm³/mol. The quantitative estimate of drug-likeness (QED) is 0.646. The first-order valence-corrected chi connectivity index (χ1v) is 13.7. The maximum atomic E-state index is 13.0. The highest BCUT2D eigenvalue weighted by molar-refractivity contribution is 7.90. The van der Waals surface area contributed by atoms with Crippen LogP contribution < -0.4 is 0 Å². The molecule has 3 rings (SSSR count). The van der Waals surface area contributed by atoms with Gasteiger partial charge in [-0.25, -0.2) is 8.42 Å². The molecule has 2 fully saturated rings. The van der Waals surface area contributed by atoms with Crippen LogP contribution in [0.1, 0.15) is 42.5 Å². The van der Waals surface area contributed by atoms with Crippen molar-refractivity contribution in [2.45, 2.75) is 43.0 Å². The monoisotopic (exact) mass is 477 g/mol. The van der Waals surface area contributed by atoms with Crippen molar-refractivity contribution in [3.05, 3.63) is 28.8 Å². The smallest absolute Gasteiger partial charge is 0.282 e. The standard InChI is InChI=1S/C19H28ClN3O5S2/c1-21(15-6-4-3-5-7-15)30(27,28)23-12-10-22(11-13-23)19(24)17-14-16(29(2,25)26)8-9-18(17)20/h8-9,14-15H,3-7,10-13H2,1-2H3. The number of nitrogens with zero attached hydrogens (tertiary/aromatic N) is 3. The van der Waals surface area contributed by atoms with E-state index in [4.69, 9.17) is 11.6 Å². The van der Waals surface area contributed by atoms with Gasteiger partial charge >= 0.3 is 0 Å². The Labute approximate surface area is 183 Å². The van der Waals surface area contributed by atoms with Crippen LogP contribution in [0.3, 0.4) is 0 Å². The van der Waals surface area contributed by atoms with Gasteiger partial charge in [0.05, 0.1) is 15.5 Å². The molecule has 30 heavy (non-hydrogen) atoms. The molecule has 0 N–H and O–H groups in total. The van der Waals surface area contributed by atoms with Crippen molar-refractivity contribution >= 4 is 37.6 Å². The summed E-state index contributed by atoms with van der Waals surface area (Å²) in [6.07, 6.45) is 6.05. The van der Waals surface area contributed by atoms with Crippen molar-refractivity contribution in [3.63, 3.8) is 0 Å². The van der Waals surface area contributed by atoms with Gasteiger partial charge in [-0.05, 0) is 31.0 Å². The lowest BCUT2D eigenvalue weighted by Crippen LogP contribution is -2.55. The van der Waals surface area contributed by atoms with E-state index in [1.165, 1.54) is 31.7 Å². The van der Waals surface area contributed by atoms with Crippen molar-refractivity contribution in [2.24, 2.45) is 0 Å². The summed E-state index contributed by atoms with van der Waals surface area (Å²) in [7, 11) is -5.43. The van der Waals surface area contributed by atoms with Gasteiger partial charge in [0, 0.05) is 45.5 Å². The molecule has 8 nitrogen and oxygen atoms in total. The molecule has 168 valence electrons. The summed E-state index contributed by atoms with van der Waals surface area (Å²) in [4.78, 5) is 14.4. The summed E-state index contributed by atoms with van der Waals surface area (Å²) < 4.78 is 52.5. The molecule has 11 heteroatoms. The van der Waals surface area contributed by atoms with Gasteiger partial charge in [0.2, 0.25) is 0 Å². The predicted octanol–water partition coefficient (Wildman–Crippen LogP) is 2.01. The van der Waals surface area contributed by atoms with Crippen LogP contribution in [0.15, 0.2) is 23.1 Å². The number of rotatable bonds is 5.